The van der Waals surface area contributed by atoms with Crippen molar-refractivity contribution in [3.63, 3.8) is 0 Å². The second kappa shape index (κ2) is 7.23. The zero-order valence-electron chi connectivity index (χ0n) is 15.5. The Hall–Kier alpha value is -2.76. The molecule has 0 spiro atoms. The molecule has 0 aliphatic rings. The number of aryl methyl sites for hydroxylation is 3. The lowest BCUT2D eigenvalue weighted by Crippen LogP contribution is -2.41. The first-order chi connectivity index (χ1) is 12.0. The molecule has 26 heavy (non-hydrogen) atoms. The van der Waals surface area contributed by atoms with E-state index in [-0.39, 0.29) is 5.69 Å². The topological polar surface area (TPSA) is 58.2 Å². The molecule has 2 aromatic rings. The molecule has 2 rings (SSSR count). The number of hydrogen-bond donors (Lipinski definition) is 2. The lowest BCUT2D eigenvalue weighted by atomic mass is 9.90. The summed E-state index contributed by atoms with van der Waals surface area (Å²) in [7, 11) is 0. The summed E-state index contributed by atoms with van der Waals surface area (Å²) in [6.07, 6.45) is 0. The van der Waals surface area contributed by atoms with E-state index in [1.54, 1.807) is 0 Å². The molecule has 2 aromatic carbocycles. The molecule has 2 N–H and O–H groups in total. The zero-order chi connectivity index (χ0) is 19.6. The van der Waals surface area contributed by atoms with Gasteiger partial charge in [-0.1, -0.05) is 17.7 Å². The number of halogens is 2. The Kier molecular flexibility index (Phi) is 5.44. The first-order valence-electron chi connectivity index (χ1n) is 8.18. The van der Waals surface area contributed by atoms with Crippen molar-refractivity contribution in [2.24, 2.45) is 5.41 Å². The first kappa shape index (κ1) is 19.6. The van der Waals surface area contributed by atoms with E-state index < -0.39 is 28.9 Å². The lowest BCUT2D eigenvalue weighted by Gasteiger charge is -2.24. The van der Waals surface area contributed by atoms with Gasteiger partial charge in [-0.05, 0) is 57.9 Å². The van der Waals surface area contributed by atoms with Gasteiger partial charge in [-0.15, -0.1) is 0 Å². The lowest BCUT2D eigenvalue weighted by molar-refractivity contribution is -0.135. The van der Waals surface area contributed by atoms with Gasteiger partial charge < -0.3 is 10.6 Å². The maximum absolute atomic E-state index is 13.3. The van der Waals surface area contributed by atoms with Gasteiger partial charge in [0.1, 0.15) is 5.41 Å². The smallest absolute Gasteiger partial charge is 0.239 e. The van der Waals surface area contributed by atoms with Crippen LogP contribution in [0, 0.1) is 37.8 Å². The highest BCUT2D eigenvalue weighted by atomic mass is 19.2. The van der Waals surface area contributed by atoms with Crippen LogP contribution in [0.15, 0.2) is 30.3 Å². The summed E-state index contributed by atoms with van der Waals surface area (Å²) in [6, 6.07) is 6.90. The van der Waals surface area contributed by atoms with Crippen molar-refractivity contribution in [3.05, 3.63) is 58.7 Å². The number of rotatable bonds is 4. The molecule has 0 aliphatic heterocycles. The summed E-state index contributed by atoms with van der Waals surface area (Å²) < 4.78 is 26.3. The van der Waals surface area contributed by atoms with Crippen LogP contribution in [0.5, 0.6) is 0 Å². The average molecular weight is 360 g/mol. The quantitative estimate of drug-likeness (QED) is 0.789. The minimum absolute atomic E-state index is 0.0810. The Morgan fingerprint density at radius 3 is 1.92 bits per heavy atom. The van der Waals surface area contributed by atoms with Crippen LogP contribution >= 0.6 is 0 Å². The Labute approximate surface area is 151 Å². The second-order valence-electron chi connectivity index (χ2n) is 6.94. The molecule has 4 nitrogen and oxygen atoms in total. The van der Waals surface area contributed by atoms with Gasteiger partial charge in [0, 0.05) is 17.4 Å². The molecule has 6 heteroatoms. The fourth-order valence-corrected chi connectivity index (χ4v) is 2.61. The molecule has 0 atom stereocenters. The van der Waals surface area contributed by atoms with Gasteiger partial charge in [0.05, 0.1) is 0 Å². The molecule has 0 aliphatic carbocycles. The monoisotopic (exact) mass is 360 g/mol. The third-order valence-electron chi connectivity index (χ3n) is 4.23. The second-order valence-corrected chi connectivity index (χ2v) is 6.94. The van der Waals surface area contributed by atoms with Crippen LogP contribution < -0.4 is 10.6 Å². The van der Waals surface area contributed by atoms with Crippen LogP contribution in [0.2, 0.25) is 0 Å². The normalized spacial score (nSPS) is 11.2. The number of amides is 2. The highest BCUT2D eigenvalue weighted by Crippen LogP contribution is 2.26. The standard InChI is InChI=1S/C20H22F2N2O2/c1-11-8-12(2)17(13(3)9-11)24-19(26)20(4,5)18(25)23-14-6-7-15(21)16(22)10-14/h6-10H,1-5H3,(H,23,25)(H,24,26). The molecule has 0 heterocycles. The highest BCUT2D eigenvalue weighted by Gasteiger charge is 2.36. The summed E-state index contributed by atoms with van der Waals surface area (Å²) >= 11 is 0. The van der Waals surface area contributed by atoms with Crippen molar-refractivity contribution in [2.45, 2.75) is 34.6 Å². The van der Waals surface area contributed by atoms with E-state index in [1.165, 1.54) is 19.9 Å². The van der Waals surface area contributed by atoms with Crippen molar-refractivity contribution in [2.75, 3.05) is 10.6 Å². The van der Waals surface area contributed by atoms with Crippen LogP contribution in [0.4, 0.5) is 20.2 Å². The van der Waals surface area contributed by atoms with E-state index in [1.807, 2.05) is 32.9 Å². The predicted octanol–water partition coefficient (Wildman–Crippen LogP) is 4.49. The fourth-order valence-electron chi connectivity index (χ4n) is 2.61. The van der Waals surface area contributed by atoms with Gasteiger partial charge in [0.2, 0.25) is 11.8 Å². The molecule has 0 bridgehead atoms. The van der Waals surface area contributed by atoms with E-state index >= 15 is 0 Å². The van der Waals surface area contributed by atoms with Gasteiger partial charge >= 0.3 is 0 Å². The summed E-state index contributed by atoms with van der Waals surface area (Å²) in [5.41, 5.74) is 2.19. The zero-order valence-corrected chi connectivity index (χ0v) is 15.5. The minimum atomic E-state index is -1.42. The van der Waals surface area contributed by atoms with E-state index in [0.29, 0.717) is 5.69 Å². The van der Waals surface area contributed by atoms with Crippen LogP contribution in [-0.4, -0.2) is 11.8 Å². The van der Waals surface area contributed by atoms with Crippen LogP contribution in [-0.2, 0) is 9.59 Å². The fraction of sp³-hybridized carbons (Fsp3) is 0.300. The van der Waals surface area contributed by atoms with Crippen LogP contribution in [0.3, 0.4) is 0 Å². The Morgan fingerprint density at radius 2 is 1.38 bits per heavy atom. The molecule has 0 aromatic heterocycles. The van der Waals surface area contributed by atoms with Gasteiger partial charge in [0.15, 0.2) is 11.6 Å². The van der Waals surface area contributed by atoms with E-state index in [4.69, 9.17) is 0 Å². The molecule has 0 unspecified atom stereocenters. The van der Waals surface area contributed by atoms with Crippen LogP contribution in [0.1, 0.15) is 30.5 Å². The molecular formula is C20H22F2N2O2. The number of nitrogens with one attached hydrogen (secondary N) is 2. The molecule has 0 radical (unpaired) electrons. The Balaban J connectivity index is 2.18. The third kappa shape index (κ3) is 4.07. The van der Waals surface area contributed by atoms with Crippen molar-refractivity contribution < 1.29 is 18.4 Å². The van der Waals surface area contributed by atoms with Gasteiger partial charge in [-0.3, -0.25) is 9.59 Å². The minimum Gasteiger partial charge on any atom is -0.325 e. The van der Waals surface area contributed by atoms with Crippen molar-refractivity contribution in [1.82, 2.24) is 0 Å². The maximum atomic E-state index is 13.3. The molecular weight excluding hydrogens is 338 g/mol. The van der Waals surface area contributed by atoms with Crippen molar-refractivity contribution in [1.29, 1.82) is 0 Å². The number of benzene rings is 2. The van der Waals surface area contributed by atoms with Gasteiger partial charge in [-0.2, -0.15) is 0 Å². The number of carbonyl (C=O) groups is 2. The summed E-state index contributed by atoms with van der Waals surface area (Å²) in [6.45, 7) is 8.66. The van der Waals surface area contributed by atoms with Crippen LogP contribution in [0.25, 0.3) is 0 Å². The van der Waals surface area contributed by atoms with E-state index in [0.717, 1.165) is 28.8 Å². The maximum Gasteiger partial charge on any atom is 0.239 e. The Morgan fingerprint density at radius 1 is 0.846 bits per heavy atom. The Bertz CT molecular complexity index is 853. The number of carbonyl (C=O) groups excluding carboxylic acids is 2. The largest absolute Gasteiger partial charge is 0.325 e. The van der Waals surface area contributed by atoms with E-state index in [9.17, 15) is 18.4 Å². The predicted molar refractivity (Wildman–Crippen MR) is 98.1 cm³/mol. The van der Waals surface area contributed by atoms with Crippen molar-refractivity contribution in [3.8, 4) is 0 Å². The summed E-state index contributed by atoms with van der Waals surface area (Å²) in [5, 5.41) is 5.25. The molecule has 0 saturated carbocycles. The molecule has 138 valence electrons. The first-order valence-corrected chi connectivity index (χ1v) is 8.18. The SMILES string of the molecule is Cc1cc(C)c(NC(=O)C(C)(C)C(=O)Nc2ccc(F)c(F)c2)c(C)c1. The number of anilines is 2. The average Bonchev–Trinajstić information content (AvgIpc) is 2.53. The third-order valence-corrected chi connectivity index (χ3v) is 4.23. The van der Waals surface area contributed by atoms with Gasteiger partial charge in [0.25, 0.3) is 0 Å². The highest BCUT2D eigenvalue weighted by molar-refractivity contribution is 6.14. The van der Waals surface area contributed by atoms with Crippen molar-refractivity contribution >= 4 is 23.2 Å². The molecule has 2 amide bonds. The summed E-state index contributed by atoms with van der Waals surface area (Å²) in [5.74, 6) is -3.20. The van der Waals surface area contributed by atoms with Gasteiger partial charge in [-0.25, -0.2) is 8.78 Å². The molecule has 0 saturated heterocycles. The summed E-state index contributed by atoms with van der Waals surface area (Å²) in [4.78, 5) is 25.2. The van der Waals surface area contributed by atoms with E-state index in [2.05, 4.69) is 10.6 Å². The number of hydrogen-bond acceptors (Lipinski definition) is 2. The molecule has 0 fully saturated rings.